The van der Waals surface area contributed by atoms with Crippen LogP contribution < -0.4 is 51.4 Å². The molecule has 5 heteroatoms. The zero-order valence-electron chi connectivity index (χ0n) is 11.9. The van der Waals surface area contributed by atoms with Gasteiger partial charge in [-0.1, -0.05) is 44.0 Å². The monoisotopic (exact) mass is 316 g/mol. The molecule has 0 atom stereocenters. The number of rotatable bonds is 5. The van der Waals surface area contributed by atoms with Crippen LogP contribution in [0.15, 0.2) is 41.3 Å². The first-order valence-electron chi connectivity index (χ1n) is 6.50. The maximum atomic E-state index is 11.1. The summed E-state index contributed by atoms with van der Waals surface area (Å²) in [6.07, 6.45) is 4.28. The smallest absolute Gasteiger partial charge is 0.744 e. The van der Waals surface area contributed by atoms with Gasteiger partial charge in [0.05, 0.1) is 4.90 Å². The second-order valence-electron chi connectivity index (χ2n) is 4.71. The van der Waals surface area contributed by atoms with E-state index < -0.39 is 10.1 Å². The molecule has 0 aliphatic rings. The van der Waals surface area contributed by atoms with Gasteiger partial charge in [-0.15, -0.1) is 0 Å². The molecule has 0 radical (unpaired) electrons. The minimum atomic E-state index is -4.39. The number of fused-ring (bicyclic) bond motifs is 1. The van der Waals surface area contributed by atoms with E-state index in [0.29, 0.717) is 0 Å². The van der Waals surface area contributed by atoms with Crippen molar-refractivity contribution in [2.45, 2.75) is 37.5 Å². The number of hydrogen-bond donors (Lipinski definition) is 0. The van der Waals surface area contributed by atoms with Crippen LogP contribution in [0.1, 0.15) is 31.7 Å². The molecular formula is C15H17KO3S. The van der Waals surface area contributed by atoms with Gasteiger partial charge in [0.15, 0.2) is 0 Å². The normalized spacial score (nSPS) is 11.3. The van der Waals surface area contributed by atoms with Crippen LogP contribution in [0.4, 0.5) is 0 Å². The average molecular weight is 316 g/mol. The van der Waals surface area contributed by atoms with Crippen molar-refractivity contribution in [2.75, 3.05) is 0 Å². The Morgan fingerprint density at radius 3 is 2.50 bits per heavy atom. The van der Waals surface area contributed by atoms with Crippen LogP contribution >= 0.6 is 0 Å². The van der Waals surface area contributed by atoms with Crippen LogP contribution in [0.25, 0.3) is 10.8 Å². The molecule has 102 valence electrons. The Bertz CT molecular complexity index is 681. The average Bonchev–Trinajstić information content (AvgIpc) is 2.37. The first kappa shape index (κ1) is 18.3. The SMILES string of the molecule is CCCCCc1cccc2ccc(S(=O)(=O)[O-])cc12.[K+]. The van der Waals surface area contributed by atoms with Gasteiger partial charge in [0.2, 0.25) is 0 Å². The Hall–Kier alpha value is 0.246. The summed E-state index contributed by atoms with van der Waals surface area (Å²) < 4.78 is 33.3. The second-order valence-corrected chi connectivity index (χ2v) is 6.09. The summed E-state index contributed by atoms with van der Waals surface area (Å²) in [4.78, 5) is -0.150. The van der Waals surface area contributed by atoms with Crippen LogP contribution in [0.2, 0.25) is 0 Å². The fourth-order valence-electron chi connectivity index (χ4n) is 2.26. The fourth-order valence-corrected chi connectivity index (χ4v) is 2.75. The molecule has 0 amide bonds. The molecule has 0 bridgehead atoms. The third-order valence-corrected chi connectivity index (χ3v) is 4.11. The Morgan fingerprint density at radius 1 is 1.10 bits per heavy atom. The predicted molar refractivity (Wildman–Crippen MR) is 75.1 cm³/mol. The molecule has 0 saturated carbocycles. The fraction of sp³-hybridized carbons (Fsp3) is 0.333. The maximum Gasteiger partial charge on any atom is 1.00 e. The van der Waals surface area contributed by atoms with Crippen molar-refractivity contribution in [3.05, 3.63) is 42.0 Å². The van der Waals surface area contributed by atoms with E-state index in [9.17, 15) is 13.0 Å². The molecule has 0 unspecified atom stereocenters. The molecule has 0 aliphatic carbocycles. The van der Waals surface area contributed by atoms with E-state index in [2.05, 4.69) is 6.92 Å². The van der Waals surface area contributed by atoms with Crippen molar-refractivity contribution in [2.24, 2.45) is 0 Å². The van der Waals surface area contributed by atoms with E-state index in [1.54, 1.807) is 6.07 Å². The first-order valence-corrected chi connectivity index (χ1v) is 7.91. The molecule has 0 N–H and O–H groups in total. The second kappa shape index (κ2) is 8.03. The van der Waals surface area contributed by atoms with Gasteiger partial charge in [0.25, 0.3) is 0 Å². The summed E-state index contributed by atoms with van der Waals surface area (Å²) in [5.74, 6) is 0. The van der Waals surface area contributed by atoms with Crippen molar-refractivity contribution in [1.29, 1.82) is 0 Å². The van der Waals surface area contributed by atoms with E-state index >= 15 is 0 Å². The van der Waals surface area contributed by atoms with E-state index in [4.69, 9.17) is 0 Å². The van der Waals surface area contributed by atoms with Crippen molar-refractivity contribution in [3.63, 3.8) is 0 Å². The third-order valence-electron chi connectivity index (χ3n) is 3.28. The minimum Gasteiger partial charge on any atom is -0.744 e. The van der Waals surface area contributed by atoms with Gasteiger partial charge in [-0.25, -0.2) is 8.42 Å². The van der Waals surface area contributed by atoms with Gasteiger partial charge in [-0.3, -0.25) is 0 Å². The molecule has 0 saturated heterocycles. The molecule has 2 rings (SSSR count). The summed E-state index contributed by atoms with van der Waals surface area (Å²) in [6, 6.07) is 10.5. The molecule has 2 aromatic carbocycles. The Labute approximate surface area is 162 Å². The summed E-state index contributed by atoms with van der Waals surface area (Å²) in [5, 5.41) is 1.84. The molecule has 3 nitrogen and oxygen atoms in total. The molecule has 0 aliphatic heterocycles. The van der Waals surface area contributed by atoms with E-state index in [1.165, 1.54) is 12.1 Å². The van der Waals surface area contributed by atoms with Gasteiger partial charge in [0, 0.05) is 0 Å². The van der Waals surface area contributed by atoms with Crippen molar-refractivity contribution in [1.82, 2.24) is 0 Å². The Kier molecular flexibility index (Phi) is 7.35. The summed E-state index contributed by atoms with van der Waals surface area (Å²) in [5.41, 5.74) is 1.11. The summed E-state index contributed by atoms with van der Waals surface area (Å²) in [6.45, 7) is 2.14. The number of unbranched alkanes of at least 4 members (excludes halogenated alkanes) is 2. The summed E-state index contributed by atoms with van der Waals surface area (Å²) >= 11 is 0. The molecular weight excluding hydrogens is 299 g/mol. The van der Waals surface area contributed by atoms with Gasteiger partial charge >= 0.3 is 51.4 Å². The molecule has 0 aromatic heterocycles. The van der Waals surface area contributed by atoms with Crippen LogP contribution in [-0.2, 0) is 16.5 Å². The van der Waals surface area contributed by atoms with Crippen LogP contribution in [0.3, 0.4) is 0 Å². The minimum absolute atomic E-state index is 0. The van der Waals surface area contributed by atoms with E-state index in [0.717, 1.165) is 42.0 Å². The zero-order chi connectivity index (χ0) is 13.9. The Balaban J connectivity index is 0.00000200. The van der Waals surface area contributed by atoms with Crippen molar-refractivity contribution in [3.8, 4) is 0 Å². The van der Waals surface area contributed by atoms with Gasteiger partial charge in [0.1, 0.15) is 10.1 Å². The molecule has 0 spiro atoms. The number of benzene rings is 2. The van der Waals surface area contributed by atoms with Gasteiger partial charge in [-0.05, 0) is 41.3 Å². The van der Waals surface area contributed by atoms with Gasteiger partial charge < -0.3 is 4.55 Å². The zero-order valence-corrected chi connectivity index (χ0v) is 15.9. The predicted octanol–water partition coefficient (Wildman–Crippen LogP) is 0.481. The number of aryl methyl sites for hydroxylation is 1. The van der Waals surface area contributed by atoms with Crippen LogP contribution in [0.5, 0.6) is 0 Å². The van der Waals surface area contributed by atoms with Crippen molar-refractivity contribution < 1.29 is 64.4 Å². The quantitative estimate of drug-likeness (QED) is 0.458. The molecule has 0 fully saturated rings. The Morgan fingerprint density at radius 2 is 1.85 bits per heavy atom. The van der Waals surface area contributed by atoms with E-state index in [-0.39, 0.29) is 56.3 Å². The standard InChI is InChI=1S/C15H18O3S.K/c1-2-3-4-6-12-7-5-8-13-9-10-14(11-15(12)13)19(16,17)18;/h5,7-11H,2-4,6H2,1H3,(H,16,17,18);/q;+1/p-1. The molecule has 0 heterocycles. The van der Waals surface area contributed by atoms with Crippen LogP contribution in [-0.4, -0.2) is 13.0 Å². The maximum absolute atomic E-state index is 11.1. The van der Waals surface area contributed by atoms with Crippen LogP contribution in [0, 0.1) is 0 Å². The topological polar surface area (TPSA) is 57.2 Å². The number of hydrogen-bond acceptors (Lipinski definition) is 3. The largest absolute Gasteiger partial charge is 1.00 e. The van der Waals surface area contributed by atoms with E-state index in [1.807, 2.05) is 18.2 Å². The third kappa shape index (κ3) is 4.63. The van der Waals surface area contributed by atoms with Gasteiger partial charge in [-0.2, -0.15) is 0 Å². The molecule has 20 heavy (non-hydrogen) atoms. The summed E-state index contributed by atoms with van der Waals surface area (Å²) in [7, 11) is -4.39. The molecule has 2 aromatic rings. The first-order chi connectivity index (χ1) is 9.02. The van der Waals surface area contributed by atoms with Crippen molar-refractivity contribution >= 4 is 20.9 Å².